The van der Waals surface area contributed by atoms with Crippen LogP contribution in [-0.2, 0) is 4.79 Å². The monoisotopic (exact) mass is 167 g/mol. The molecule has 2 nitrogen and oxygen atoms in total. The average molecular weight is 167 g/mol. The summed E-state index contributed by atoms with van der Waals surface area (Å²) in [6.07, 6.45) is 3.58. The van der Waals surface area contributed by atoms with Crippen LogP contribution in [0.5, 0.6) is 0 Å². The van der Waals surface area contributed by atoms with Crippen LogP contribution in [0, 0.1) is 0 Å². The molecule has 1 fully saturated rings. The molecule has 0 bridgehead atoms. The summed E-state index contributed by atoms with van der Waals surface area (Å²) < 4.78 is 0. The summed E-state index contributed by atoms with van der Waals surface area (Å²) >= 11 is 0. The summed E-state index contributed by atoms with van der Waals surface area (Å²) in [5.41, 5.74) is 1.01. The van der Waals surface area contributed by atoms with Gasteiger partial charge in [0.1, 0.15) is 0 Å². The number of carbonyl (C=O) groups excluding carboxylic acids is 1. The Morgan fingerprint density at radius 2 is 2.00 bits per heavy atom. The molecule has 0 aromatic carbocycles. The zero-order valence-corrected chi connectivity index (χ0v) is 7.97. The van der Waals surface area contributed by atoms with Crippen molar-refractivity contribution in [3.8, 4) is 0 Å². The quantitative estimate of drug-likeness (QED) is 0.631. The maximum Gasteiger partial charge on any atom is 0.227 e. The van der Waals surface area contributed by atoms with E-state index in [1.807, 2.05) is 4.90 Å². The fraction of sp³-hybridized carbons (Fsp3) is 0.700. The van der Waals surface area contributed by atoms with E-state index in [4.69, 9.17) is 0 Å². The van der Waals surface area contributed by atoms with Crippen molar-refractivity contribution < 1.29 is 4.79 Å². The molecule has 1 heterocycles. The van der Waals surface area contributed by atoms with Gasteiger partial charge < -0.3 is 4.90 Å². The second kappa shape index (κ2) is 3.74. The summed E-state index contributed by atoms with van der Waals surface area (Å²) in [6.45, 7) is 8.14. The molecule has 1 aliphatic heterocycles. The van der Waals surface area contributed by atoms with Gasteiger partial charge in [-0.3, -0.25) is 4.79 Å². The second-order valence-electron chi connectivity index (χ2n) is 3.30. The molecule has 0 unspecified atom stereocenters. The highest BCUT2D eigenvalue weighted by Gasteiger charge is 2.28. The molecule has 0 radical (unpaired) electrons. The van der Waals surface area contributed by atoms with Crippen molar-refractivity contribution in [3.63, 3.8) is 0 Å². The van der Waals surface area contributed by atoms with Crippen molar-refractivity contribution >= 4 is 5.91 Å². The minimum atomic E-state index is 0.258. The summed E-state index contributed by atoms with van der Waals surface area (Å²) in [5.74, 6) is 0.258. The molecule has 0 atom stereocenters. The normalized spacial score (nSPS) is 18.1. The minimum Gasteiger partial charge on any atom is -0.314 e. The van der Waals surface area contributed by atoms with Gasteiger partial charge in [-0.2, -0.15) is 0 Å². The summed E-state index contributed by atoms with van der Waals surface area (Å²) in [4.78, 5) is 13.3. The maximum atomic E-state index is 11.4. The molecule has 0 aromatic heterocycles. The third-order valence-electron chi connectivity index (χ3n) is 2.54. The van der Waals surface area contributed by atoms with Crippen LogP contribution in [0.2, 0.25) is 0 Å². The van der Waals surface area contributed by atoms with E-state index in [0.29, 0.717) is 12.5 Å². The molecule has 1 aliphatic rings. The standard InChI is InChI=1S/C10H17NO/c1-4-9(5-2)11-8(3)6-7-10(11)12/h9H,3-7H2,1-2H3. The van der Waals surface area contributed by atoms with Crippen molar-refractivity contribution in [3.05, 3.63) is 12.3 Å². The summed E-state index contributed by atoms with van der Waals surface area (Å²) in [6, 6.07) is 0.382. The zero-order chi connectivity index (χ0) is 9.14. The topological polar surface area (TPSA) is 20.3 Å². The minimum absolute atomic E-state index is 0.258. The number of amides is 1. The van der Waals surface area contributed by atoms with Gasteiger partial charge in [-0.1, -0.05) is 20.4 Å². The van der Waals surface area contributed by atoms with Crippen LogP contribution in [0.25, 0.3) is 0 Å². The Bertz CT molecular complexity index is 178. The van der Waals surface area contributed by atoms with Crippen molar-refractivity contribution in [2.75, 3.05) is 0 Å². The van der Waals surface area contributed by atoms with Gasteiger partial charge in [-0.15, -0.1) is 0 Å². The zero-order valence-electron chi connectivity index (χ0n) is 7.97. The van der Waals surface area contributed by atoms with Gasteiger partial charge in [0.25, 0.3) is 0 Å². The van der Waals surface area contributed by atoms with Crippen LogP contribution < -0.4 is 0 Å². The highest BCUT2D eigenvalue weighted by Crippen LogP contribution is 2.25. The average Bonchev–Trinajstić information content (AvgIpc) is 2.38. The Morgan fingerprint density at radius 1 is 1.42 bits per heavy atom. The molecule has 68 valence electrons. The number of allylic oxidation sites excluding steroid dienone is 1. The van der Waals surface area contributed by atoms with Gasteiger partial charge in [0.05, 0.1) is 0 Å². The van der Waals surface area contributed by atoms with Crippen molar-refractivity contribution in [1.29, 1.82) is 0 Å². The van der Waals surface area contributed by atoms with E-state index in [1.54, 1.807) is 0 Å². The van der Waals surface area contributed by atoms with E-state index in [2.05, 4.69) is 20.4 Å². The fourth-order valence-corrected chi connectivity index (χ4v) is 1.78. The number of carbonyl (C=O) groups is 1. The SMILES string of the molecule is C=C1CCC(=O)N1C(CC)CC. The van der Waals surface area contributed by atoms with Crippen molar-refractivity contribution in [2.24, 2.45) is 0 Å². The maximum absolute atomic E-state index is 11.4. The summed E-state index contributed by atoms with van der Waals surface area (Å²) in [5, 5.41) is 0. The van der Waals surface area contributed by atoms with Gasteiger partial charge in [0.15, 0.2) is 0 Å². The number of nitrogens with zero attached hydrogens (tertiary/aromatic N) is 1. The largest absolute Gasteiger partial charge is 0.314 e. The van der Waals surface area contributed by atoms with Crippen LogP contribution >= 0.6 is 0 Å². The molecule has 0 saturated carbocycles. The van der Waals surface area contributed by atoms with Crippen LogP contribution in [0.4, 0.5) is 0 Å². The lowest BCUT2D eigenvalue weighted by Gasteiger charge is -2.26. The molecule has 12 heavy (non-hydrogen) atoms. The van der Waals surface area contributed by atoms with Crippen LogP contribution in [0.1, 0.15) is 39.5 Å². The molecule has 0 N–H and O–H groups in total. The Morgan fingerprint density at radius 3 is 2.33 bits per heavy atom. The molecule has 1 rings (SSSR count). The predicted octanol–water partition coefficient (Wildman–Crippen LogP) is 2.31. The lowest BCUT2D eigenvalue weighted by atomic mass is 10.1. The Balaban J connectivity index is 2.70. The highest BCUT2D eigenvalue weighted by atomic mass is 16.2. The molecule has 0 spiro atoms. The molecule has 1 saturated heterocycles. The number of hydrogen-bond acceptors (Lipinski definition) is 1. The Kier molecular flexibility index (Phi) is 2.90. The van der Waals surface area contributed by atoms with Gasteiger partial charge in [0, 0.05) is 18.2 Å². The first-order chi connectivity index (χ1) is 5.70. The van der Waals surface area contributed by atoms with E-state index < -0.39 is 0 Å². The van der Waals surface area contributed by atoms with Gasteiger partial charge in [-0.25, -0.2) is 0 Å². The molecule has 0 aliphatic carbocycles. The Labute approximate surface area is 74.2 Å². The lowest BCUT2D eigenvalue weighted by Crippen LogP contribution is -2.33. The smallest absolute Gasteiger partial charge is 0.227 e. The Hall–Kier alpha value is -0.790. The second-order valence-corrected chi connectivity index (χ2v) is 3.30. The molecular formula is C10H17NO. The van der Waals surface area contributed by atoms with Gasteiger partial charge in [0.2, 0.25) is 5.91 Å². The molecule has 1 amide bonds. The fourth-order valence-electron chi connectivity index (χ4n) is 1.78. The van der Waals surface area contributed by atoms with E-state index in [9.17, 15) is 4.79 Å². The molecule has 0 aromatic rings. The van der Waals surface area contributed by atoms with Gasteiger partial charge in [-0.05, 0) is 19.3 Å². The predicted molar refractivity (Wildman–Crippen MR) is 49.6 cm³/mol. The lowest BCUT2D eigenvalue weighted by molar-refractivity contribution is -0.128. The van der Waals surface area contributed by atoms with E-state index in [1.165, 1.54) is 0 Å². The third-order valence-corrected chi connectivity index (χ3v) is 2.54. The van der Waals surface area contributed by atoms with Crippen LogP contribution in [0.3, 0.4) is 0 Å². The third kappa shape index (κ3) is 1.52. The molecular weight excluding hydrogens is 150 g/mol. The van der Waals surface area contributed by atoms with Crippen LogP contribution in [0.15, 0.2) is 12.3 Å². The van der Waals surface area contributed by atoms with Crippen molar-refractivity contribution in [2.45, 2.75) is 45.6 Å². The van der Waals surface area contributed by atoms with Gasteiger partial charge >= 0.3 is 0 Å². The van der Waals surface area contributed by atoms with E-state index >= 15 is 0 Å². The first-order valence-corrected chi connectivity index (χ1v) is 4.70. The first kappa shape index (κ1) is 9.30. The molecule has 2 heteroatoms. The van der Waals surface area contributed by atoms with E-state index in [0.717, 1.165) is 25.0 Å². The van der Waals surface area contributed by atoms with Crippen molar-refractivity contribution in [1.82, 2.24) is 4.90 Å². The highest BCUT2D eigenvalue weighted by molar-refractivity contribution is 5.81. The van der Waals surface area contributed by atoms with Crippen LogP contribution in [-0.4, -0.2) is 16.8 Å². The summed E-state index contributed by atoms with van der Waals surface area (Å²) in [7, 11) is 0. The number of likely N-dealkylation sites (tertiary alicyclic amines) is 1. The number of hydrogen-bond donors (Lipinski definition) is 0. The number of rotatable bonds is 3. The first-order valence-electron chi connectivity index (χ1n) is 4.70. The van der Waals surface area contributed by atoms with E-state index in [-0.39, 0.29) is 5.91 Å².